The summed E-state index contributed by atoms with van der Waals surface area (Å²) in [4.78, 5) is 31.6. The molecule has 2 aromatic carbocycles. The molecule has 2 heterocycles. The number of alkyl halides is 6. The molecule has 1 unspecified atom stereocenters. The average molecular weight is 782 g/mol. The van der Waals surface area contributed by atoms with Crippen molar-refractivity contribution in [3.05, 3.63) is 71.2 Å². The van der Waals surface area contributed by atoms with Gasteiger partial charge in [0.2, 0.25) is 5.91 Å². The number of benzene rings is 2. The van der Waals surface area contributed by atoms with Gasteiger partial charge in [0.15, 0.2) is 10.9 Å². The van der Waals surface area contributed by atoms with Crippen molar-refractivity contribution >= 4 is 40.5 Å². The molecule has 0 saturated carbocycles. The lowest BCUT2D eigenvalue weighted by Gasteiger charge is -2.29. The lowest BCUT2D eigenvalue weighted by molar-refractivity contribution is -0.140. The first kappa shape index (κ1) is 41.9. The zero-order chi connectivity index (χ0) is 40.4. The number of carbonyl (C=O) groups excluding carboxylic acids is 2. The van der Waals surface area contributed by atoms with E-state index in [1.54, 1.807) is 0 Å². The van der Waals surface area contributed by atoms with E-state index in [0.29, 0.717) is 17.7 Å². The predicted octanol–water partition coefficient (Wildman–Crippen LogP) is 8.44. The van der Waals surface area contributed by atoms with Crippen molar-refractivity contribution in [1.82, 2.24) is 10.3 Å². The second kappa shape index (κ2) is 15.9. The first-order valence-corrected chi connectivity index (χ1v) is 17.1. The minimum absolute atomic E-state index is 0.0445. The molecule has 54 heavy (non-hydrogen) atoms. The van der Waals surface area contributed by atoms with E-state index < -0.39 is 57.7 Å². The van der Waals surface area contributed by atoms with Crippen molar-refractivity contribution in [2.24, 2.45) is 5.41 Å². The van der Waals surface area contributed by atoms with Crippen LogP contribution >= 0.6 is 12.2 Å². The molecule has 1 aliphatic heterocycles. The minimum Gasteiger partial charge on any atom is -0.493 e. The molecule has 9 nitrogen and oxygen atoms in total. The third-order valence-corrected chi connectivity index (χ3v) is 9.24. The van der Waals surface area contributed by atoms with Gasteiger partial charge in [0.25, 0.3) is 5.91 Å². The Kier molecular flexibility index (Phi) is 12.3. The van der Waals surface area contributed by atoms with Gasteiger partial charge in [-0.3, -0.25) is 19.5 Å². The molecule has 0 aliphatic carbocycles. The van der Waals surface area contributed by atoms with E-state index in [1.807, 2.05) is 27.7 Å². The van der Waals surface area contributed by atoms with Crippen molar-refractivity contribution in [3.63, 3.8) is 0 Å². The highest BCUT2D eigenvalue weighted by Crippen LogP contribution is 2.43. The molecule has 2 amide bonds. The topological polar surface area (TPSA) is 108 Å². The molecule has 1 saturated heterocycles. The maximum atomic E-state index is 15.3. The maximum Gasteiger partial charge on any atom is 0.420 e. The summed E-state index contributed by atoms with van der Waals surface area (Å²) in [5.41, 5.74) is -6.02. The summed E-state index contributed by atoms with van der Waals surface area (Å²) >= 11 is 5.44. The smallest absolute Gasteiger partial charge is 0.420 e. The van der Waals surface area contributed by atoms with E-state index in [0.717, 1.165) is 18.2 Å². The fourth-order valence-electron chi connectivity index (χ4n) is 5.43. The van der Waals surface area contributed by atoms with Crippen LogP contribution in [0, 0.1) is 22.6 Å². The summed E-state index contributed by atoms with van der Waals surface area (Å²) in [6, 6.07) is 9.02. The lowest BCUT2D eigenvalue weighted by Crippen LogP contribution is -2.44. The van der Waals surface area contributed by atoms with E-state index in [4.69, 9.17) is 27.0 Å². The number of aromatic nitrogens is 1. The highest BCUT2D eigenvalue weighted by atomic mass is 32.1. The van der Waals surface area contributed by atoms with E-state index >= 15 is 4.39 Å². The Labute approximate surface area is 313 Å². The number of halogens is 7. The Bertz CT molecular complexity index is 1940. The van der Waals surface area contributed by atoms with Crippen LogP contribution in [0.1, 0.15) is 71.1 Å². The molecular weight excluding hydrogens is 743 g/mol. The highest BCUT2D eigenvalue weighted by molar-refractivity contribution is 7.81. The third kappa shape index (κ3) is 9.09. The number of carbonyl (C=O) groups is 2. The normalized spacial score (nSPS) is 15.3. The maximum absolute atomic E-state index is 15.3. The number of rotatable bonds is 12. The van der Waals surface area contributed by atoms with Crippen LogP contribution in [0.5, 0.6) is 5.75 Å². The van der Waals surface area contributed by atoms with Crippen LogP contribution in [-0.4, -0.2) is 53.3 Å². The molecule has 1 N–H and O–H groups in total. The molecule has 1 atom stereocenters. The van der Waals surface area contributed by atoms with Gasteiger partial charge < -0.3 is 19.7 Å². The van der Waals surface area contributed by atoms with Crippen LogP contribution in [0.2, 0.25) is 0 Å². The third-order valence-electron chi connectivity index (χ3n) is 8.87. The van der Waals surface area contributed by atoms with Crippen molar-refractivity contribution in [3.8, 4) is 23.1 Å². The number of hydrogen-bond donors (Lipinski definition) is 1. The van der Waals surface area contributed by atoms with Crippen molar-refractivity contribution in [1.29, 1.82) is 5.26 Å². The summed E-state index contributed by atoms with van der Waals surface area (Å²) < 4.78 is 110. The lowest BCUT2D eigenvalue weighted by atomic mass is 9.88. The number of hydrogen-bond acceptors (Lipinski definition) is 7. The quantitative estimate of drug-likeness (QED) is 0.111. The molecule has 1 aromatic heterocycles. The Morgan fingerprint density at radius 2 is 1.69 bits per heavy atom. The summed E-state index contributed by atoms with van der Waals surface area (Å²) in [5, 5.41) is 11.6. The Morgan fingerprint density at radius 3 is 2.26 bits per heavy atom. The summed E-state index contributed by atoms with van der Waals surface area (Å²) in [6.45, 7) is 10.7. The fraction of sp³-hybridized carbons (Fsp3) is 0.432. The van der Waals surface area contributed by atoms with Crippen molar-refractivity contribution in [2.45, 2.75) is 78.3 Å². The van der Waals surface area contributed by atoms with Gasteiger partial charge in [-0.1, -0.05) is 20.8 Å². The van der Waals surface area contributed by atoms with Crippen LogP contribution in [0.25, 0.3) is 11.3 Å². The van der Waals surface area contributed by atoms with Gasteiger partial charge in [-0.15, -0.1) is 0 Å². The monoisotopic (exact) mass is 781 g/mol. The summed E-state index contributed by atoms with van der Waals surface area (Å²) in [6.07, 6.45) is -8.02. The van der Waals surface area contributed by atoms with Gasteiger partial charge in [0.1, 0.15) is 23.5 Å². The molecular formula is C37H38F7N5O4S. The molecule has 290 valence electrons. The molecule has 1 aliphatic rings. The van der Waals surface area contributed by atoms with Crippen LogP contribution < -0.4 is 19.9 Å². The number of ether oxygens (including phenoxy) is 2. The molecule has 17 heteroatoms. The number of pyridine rings is 1. The van der Waals surface area contributed by atoms with E-state index in [9.17, 15) is 35.9 Å². The van der Waals surface area contributed by atoms with Crippen LogP contribution in [0.4, 0.5) is 42.1 Å². The predicted molar refractivity (Wildman–Crippen MR) is 190 cm³/mol. The zero-order valence-corrected chi connectivity index (χ0v) is 31.0. The van der Waals surface area contributed by atoms with Gasteiger partial charge in [0.05, 0.1) is 47.1 Å². The SMILES string of the molecule is CC(NC(=O)COCCCCOc1ccc(-c2ccc(N3C(=S)N(c4ccc(C#N)c(C(F)(F)F)c4F)C(=O)C3(C)C)cn2)cc1C(F)(F)F)C(C)(C)C. The fourth-order valence-corrected chi connectivity index (χ4v) is 5.94. The molecule has 1 fully saturated rings. The summed E-state index contributed by atoms with van der Waals surface area (Å²) in [5.74, 6) is -3.39. The first-order chi connectivity index (χ1) is 25.0. The highest BCUT2D eigenvalue weighted by Gasteiger charge is 2.52. The number of nitrogens with one attached hydrogen (secondary N) is 1. The Morgan fingerprint density at radius 1 is 1.02 bits per heavy atom. The van der Waals surface area contributed by atoms with E-state index in [1.165, 1.54) is 55.3 Å². The van der Waals surface area contributed by atoms with Gasteiger partial charge >= 0.3 is 12.4 Å². The molecule has 0 spiro atoms. The van der Waals surface area contributed by atoms with Gasteiger partial charge in [-0.25, -0.2) is 4.39 Å². The average Bonchev–Trinajstić information content (AvgIpc) is 3.24. The molecule has 0 bridgehead atoms. The van der Waals surface area contributed by atoms with Crippen LogP contribution in [0.3, 0.4) is 0 Å². The number of amides is 2. The number of anilines is 2. The second-order valence-electron chi connectivity index (χ2n) is 14.1. The zero-order valence-electron chi connectivity index (χ0n) is 30.2. The standard InChI is InChI=1S/C37H38F7N5O4S/c1-21(34(2,3)4)47-29(50)20-52-15-7-8-16-53-28-14-10-22(17-25(28)36(39,40)41)26-12-11-24(19-46-26)49-33(54)48(32(51)35(49,5)6)27-13-9-23(18-45)30(31(27)38)37(42,43)44/h9-14,17,19,21H,7-8,15-16,20H2,1-6H3,(H,47,50). The van der Waals surface area contributed by atoms with Crippen molar-refractivity contribution in [2.75, 3.05) is 29.6 Å². The number of unbranched alkanes of at least 4 members (excludes halogenated alkanes) is 1. The molecule has 0 radical (unpaired) electrons. The number of nitriles is 1. The Hall–Kier alpha value is -4.82. The largest absolute Gasteiger partial charge is 0.493 e. The van der Waals surface area contributed by atoms with Crippen LogP contribution in [-0.2, 0) is 26.7 Å². The van der Waals surface area contributed by atoms with Crippen molar-refractivity contribution < 1.29 is 49.8 Å². The summed E-state index contributed by atoms with van der Waals surface area (Å²) in [7, 11) is 0. The van der Waals surface area contributed by atoms with E-state index in [-0.39, 0.29) is 59.2 Å². The molecule has 4 rings (SSSR count). The minimum atomic E-state index is -5.25. The van der Waals surface area contributed by atoms with E-state index in [2.05, 4.69) is 10.3 Å². The number of thiocarbonyl (C=S) groups is 1. The van der Waals surface area contributed by atoms with Crippen LogP contribution in [0.15, 0.2) is 48.7 Å². The second-order valence-corrected chi connectivity index (χ2v) is 14.5. The van der Waals surface area contributed by atoms with Gasteiger partial charge in [-0.2, -0.15) is 31.6 Å². The first-order valence-electron chi connectivity index (χ1n) is 16.7. The Balaban J connectivity index is 1.46. The number of nitrogens with zero attached hydrogens (tertiary/aromatic N) is 4. The molecule has 3 aromatic rings. The van der Waals surface area contributed by atoms with Gasteiger partial charge in [0, 0.05) is 18.2 Å². The van der Waals surface area contributed by atoms with Gasteiger partial charge in [-0.05, 0) is 93.7 Å².